The Morgan fingerprint density at radius 3 is 2.61 bits per heavy atom. The van der Waals surface area contributed by atoms with Crippen molar-refractivity contribution in [1.29, 1.82) is 0 Å². The summed E-state index contributed by atoms with van der Waals surface area (Å²) in [7, 11) is 0. The minimum atomic E-state index is -0.816. The van der Waals surface area contributed by atoms with Crippen LogP contribution in [0.25, 0.3) is 6.08 Å². The lowest BCUT2D eigenvalue weighted by Gasteiger charge is -2.20. The number of carbonyl (C=O) groups is 1. The van der Waals surface area contributed by atoms with Crippen molar-refractivity contribution in [3.05, 3.63) is 41.0 Å². The van der Waals surface area contributed by atoms with Gasteiger partial charge in [-0.05, 0) is 36.0 Å². The zero-order valence-electron chi connectivity index (χ0n) is 10.3. The molecule has 3 heteroatoms. The normalized spacial score (nSPS) is 22.1. The maximum Gasteiger partial charge on any atom is 0.307 e. The quantitative estimate of drug-likeness (QED) is 0.862. The Morgan fingerprint density at radius 1 is 1.28 bits per heavy atom. The van der Waals surface area contributed by atoms with Crippen molar-refractivity contribution >= 4 is 12.0 Å². The molecule has 0 aromatic heterocycles. The summed E-state index contributed by atoms with van der Waals surface area (Å²) < 4.78 is 0. The Labute approximate surface area is 107 Å². The van der Waals surface area contributed by atoms with E-state index in [2.05, 4.69) is 0 Å². The predicted octanol–water partition coefficient (Wildman–Crippen LogP) is 2.63. The van der Waals surface area contributed by atoms with Crippen molar-refractivity contribution in [3.8, 4) is 0 Å². The second kappa shape index (κ2) is 5.83. The lowest BCUT2D eigenvalue weighted by Crippen LogP contribution is -2.14. The summed E-state index contributed by atoms with van der Waals surface area (Å²) in [5.74, 6) is -0.816. The minimum absolute atomic E-state index is 0.0550. The number of carboxylic acid groups (broad SMARTS) is 1. The summed E-state index contributed by atoms with van der Waals surface area (Å²) in [6, 6.07) is 7.48. The van der Waals surface area contributed by atoms with Crippen molar-refractivity contribution < 1.29 is 15.0 Å². The fraction of sp³-hybridized carbons (Fsp3) is 0.400. The summed E-state index contributed by atoms with van der Waals surface area (Å²) in [5, 5.41) is 18.5. The zero-order valence-corrected chi connectivity index (χ0v) is 10.3. The third-order valence-electron chi connectivity index (χ3n) is 3.31. The van der Waals surface area contributed by atoms with Crippen molar-refractivity contribution in [2.24, 2.45) is 0 Å². The van der Waals surface area contributed by atoms with Crippen LogP contribution in [0.5, 0.6) is 0 Å². The molecule has 1 atom stereocenters. The molecule has 2 N–H and O–H groups in total. The molecule has 1 saturated carbocycles. The summed E-state index contributed by atoms with van der Waals surface area (Å²) in [5.41, 5.74) is 2.92. The van der Waals surface area contributed by atoms with Crippen molar-refractivity contribution in [1.82, 2.24) is 0 Å². The van der Waals surface area contributed by atoms with Gasteiger partial charge in [0.05, 0.1) is 12.5 Å². The van der Waals surface area contributed by atoms with Crippen LogP contribution in [0.2, 0.25) is 0 Å². The lowest BCUT2D eigenvalue weighted by molar-refractivity contribution is -0.136. The number of hydrogen-bond donors (Lipinski definition) is 2. The zero-order chi connectivity index (χ0) is 13.0. The monoisotopic (exact) mass is 246 g/mol. The molecule has 96 valence electrons. The predicted molar refractivity (Wildman–Crippen MR) is 70.2 cm³/mol. The molecule has 1 aromatic rings. The number of rotatable bonds is 3. The SMILES string of the molecule is O=C(O)Cc1ccc(/C=C2/CCCCC2O)cc1. The van der Waals surface area contributed by atoms with E-state index in [4.69, 9.17) is 5.11 Å². The van der Waals surface area contributed by atoms with E-state index in [1.807, 2.05) is 30.3 Å². The first-order valence-corrected chi connectivity index (χ1v) is 6.34. The molecule has 1 unspecified atom stereocenters. The average Bonchev–Trinajstić information content (AvgIpc) is 2.34. The highest BCUT2D eigenvalue weighted by Crippen LogP contribution is 2.25. The van der Waals surface area contributed by atoms with Gasteiger partial charge >= 0.3 is 5.97 Å². The molecule has 0 amide bonds. The Balaban J connectivity index is 2.09. The van der Waals surface area contributed by atoms with Gasteiger partial charge < -0.3 is 10.2 Å². The first kappa shape index (κ1) is 12.8. The van der Waals surface area contributed by atoms with Gasteiger partial charge in [-0.25, -0.2) is 0 Å². The Bertz CT molecular complexity index is 445. The van der Waals surface area contributed by atoms with E-state index in [1.54, 1.807) is 0 Å². The van der Waals surface area contributed by atoms with Gasteiger partial charge in [0.25, 0.3) is 0 Å². The second-order valence-corrected chi connectivity index (χ2v) is 4.79. The lowest BCUT2D eigenvalue weighted by atomic mass is 9.90. The molecule has 0 saturated heterocycles. The number of aliphatic hydroxyl groups excluding tert-OH is 1. The first-order chi connectivity index (χ1) is 8.65. The highest BCUT2D eigenvalue weighted by molar-refractivity contribution is 5.70. The van der Waals surface area contributed by atoms with Crippen LogP contribution < -0.4 is 0 Å². The third kappa shape index (κ3) is 3.44. The Kier molecular flexibility index (Phi) is 4.15. The van der Waals surface area contributed by atoms with Crippen molar-refractivity contribution in [3.63, 3.8) is 0 Å². The highest BCUT2D eigenvalue weighted by atomic mass is 16.4. The van der Waals surface area contributed by atoms with Crippen molar-refractivity contribution in [2.75, 3.05) is 0 Å². The van der Waals surface area contributed by atoms with Crippen LogP contribution in [0.1, 0.15) is 36.8 Å². The maximum absolute atomic E-state index is 10.6. The first-order valence-electron chi connectivity index (χ1n) is 6.34. The van der Waals surface area contributed by atoms with Gasteiger partial charge in [-0.3, -0.25) is 4.79 Å². The molecule has 0 heterocycles. The largest absolute Gasteiger partial charge is 0.481 e. The third-order valence-corrected chi connectivity index (χ3v) is 3.31. The summed E-state index contributed by atoms with van der Waals surface area (Å²) in [6.45, 7) is 0. The highest BCUT2D eigenvalue weighted by Gasteiger charge is 2.15. The van der Waals surface area contributed by atoms with Gasteiger partial charge in [0.2, 0.25) is 0 Å². The fourth-order valence-electron chi connectivity index (χ4n) is 2.31. The van der Waals surface area contributed by atoms with Crippen LogP contribution in [0, 0.1) is 0 Å². The molecule has 2 rings (SSSR count). The molecular weight excluding hydrogens is 228 g/mol. The van der Waals surface area contributed by atoms with Gasteiger partial charge in [-0.1, -0.05) is 36.8 Å². The van der Waals surface area contributed by atoms with Gasteiger partial charge in [0, 0.05) is 0 Å². The molecule has 0 aliphatic heterocycles. The molecular formula is C15H18O3. The van der Waals surface area contributed by atoms with E-state index >= 15 is 0 Å². The number of aliphatic hydroxyl groups is 1. The van der Waals surface area contributed by atoms with E-state index < -0.39 is 5.97 Å². The van der Waals surface area contributed by atoms with Crippen LogP contribution in [-0.2, 0) is 11.2 Å². The molecule has 1 aliphatic carbocycles. The van der Waals surface area contributed by atoms with Crippen LogP contribution in [0.3, 0.4) is 0 Å². The van der Waals surface area contributed by atoms with Gasteiger partial charge in [0.15, 0.2) is 0 Å². The van der Waals surface area contributed by atoms with Crippen LogP contribution in [-0.4, -0.2) is 22.3 Å². The van der Waals surface area contributed by atoms with E-state index in [-0.39, 0.29) is 12.5 Å². The number of benzene rings is 1. The average molecular weight is 246 g/mol. The fourth-order valence-corrected chi connectivity index (χ4v) is 2.31. The molecule has 18 heavy (non-hydrogen) atoms. The maximum atomic E-state index is 10.6. The van der Waals surface area contributed by atoms with Gasteiger partial charge in [-0.2, -0.15) is 0 Å². The number of carboxylic acids is 1. The summed E-state index contributed by atoms with van der Waals surface area (Å²) >= 11 is 0. The molecule has 3 nitrogen and oxygen atoms in total. The molecule has 1 fully saturated rings. The van der Waals surface area contributed by atoms with Crippen LogP contribution >= 0.6 is 0 Å². The number of aliphatic carboxylic acids is 1. The standard InChI is InChI=1S/C15H18O3/c16-14-4-2-1-3-13(14)9-11-5-7-12(8-6-11)10-15(17)18/h5-9,14,16H,1-4,10H2,(H,17,18)/b13-9-. The Hall–Kier alpha value is -1.61. The molecule has 1 aromatic carbocycles. The van der Waals surface area contributed by atoms with Crippen LogP contribution in [0.4, 0.5) is 0 Å². The Morgan fingerprint density at radius 2 is 2.00 bits per heavy atom. The van der Waals surface area contributed by atoms with Gasteiger partial charge in [-0.15, -0.1) is 0 Å². The second-order valence-electron chi connectivity index (χ2n) is 4.79. The van der Waals surface area contributed by atoms with E-state index in [0.717, 1.165) is 42.4 Å². The molecule has 0 bridgehead atoms. The smallest absolute Gasteiger partial charge is 0.307 e. The molecule has 1 aliphatic rings. The molecule has 0 spiro atoms. The van der Waals surface area contributed by atoms with Crippen molar-refractivity contribution in [2.45, 2.75) is 38.2 Å². The van der Waals surface area contributed by atoms with E-state index in [1.165, 1.54) is 0 Å². The topological polar surface area (TPSA) is 57.5 Å². The van der Waals surface area contributed by atoms with E-state index in [9.17, 15) is 9.90 Å². The van der Waals surface area contributed by atoms with Crippen LogP contribution in [0.15, 0.2) is 29.8 Å². The summed E-state index contributed by atoms with van der Waals surface area (Å²) in [6.07, 6.45) is 5.81. The molecule has 0 radical (unpaired) electrons. The van der Waals surface area contributed by atoms with E-state index in [0.29, 0.717) is 0 Å². The minimum Gasteiger partial charge on any atom is -0.481 e. The number of hydrogen-bond acceptors (Lipinski definition) is 2. The summed E-state index contributed by atoms with van der Waals surface area (Å²) in [4.78, 5) is 10.6. The van der Waals surface area contributed by atoms with Gasteiger partial charge in [0.1, 0.15) is 0 Å².